The molecule has 1 aromatic heterocycles. The number of nitrogens with two attached hydrogens (primary N) is 1. The van der Waals surface area contributed by atoms with E-state index in [4.69, 9.17) is 5.73 Å². The van der Waals surface area contributed by atoms with Crippen LogP contribution in [-0.4, -0.2) is 21.6 Å². The first kappa shape index (κ1) is 9.61. The Morgan fingerprint density at radius 3 is 3.00 bits per heavy atom. The molecular weight excluding hydrogens is 170 g/mol. The predicted octanol–water partition coefficient (Wildman–Crippen LogP) is 1.00. The molecule has 0 radical (unpaired) electrons. The molecule has 0 saturated heterocycles. The number of hydrogen-bond acceptors (Lipinski definition) is 3. The third-order valence-electron chi connectivity index (χ3n) is 1.62. The van der Waals surface area contributed by atoms with Gasteiger partial charge in [0.15, 0.2) is 0 Å². The van der Waals surface area contributed by atoms with Crippen LogP contribution in [0.4, 0.5) is 0 Å². The molecule has 4 heteroatoms. The van der Waals surface area contributed by atoms with Crippen molar-refractivity contribution in [3.63, 3.8) is 0 Å². The minimum Gasteiger partial charge on any atom is -0.329 e. The second kappa shape index (κ2) is 4.52. The summed E-state index contributed by atoms with van der Waals surface area (Å²) in [4.78, 5) is 0. The number of aryl methyl sites for hydroxylation is 1. The maximum absolute atomic E-state index is 5.50. The van der Waals surface area contributed by atoms with Crippen LogP contribution in [0.5, 0.6) is 0 Å². The monoisotopic (exact) mass is 185 g/mol. The molecule has 1 atom stereocenters. The molecule has 1 heterocycles. The van der Waals surface area contributed by atoms with Crippen molar-refractivity contribution in [2.24, 2.45) is 12.8 Å². The van der Waals surface area contributed by atoms with E-state index in [0.29, 0.717) is 5.25 Å². The second-order valence-electron chi connectivity index (χ2n) is 2.88. The summed E-state index contributed by atoms with van der Waals surface area (Å²) in [7, 11) is 1.93. The highest BCUT2D eigenvalue weighted by Crippen LogP contribution is 2.15. The number of aromatic nitrogens is 2. The van der Waals surface area contributed by atoms with Crippen LogP contribution in [-0.2, 0) is 12.8 Å². The molecule has 1 rings (SSSR count). The fourth-order valence-electron chi connectivity index (χ4n) is 0.853. The van der Waals surface area contributed by atoms with E-state index in [1.165, 1.54) is 5.56 Å². The van der Waals surface area contributed by atoms with E-state index in [2.05, 4.69) is 12.0 Å². The van der Waals surface area contributed by atoms with Crippen LogP contribution in [0, 0.1) is 0 Å². The van der Waals surface area contributed by atoms with Gasteiger partial charge in [0.25, 0.3) is 0 Å². The van der Waals surface area contributed by atoms with Crippen LogP contribution in [0.1, 0.15) is 12.5 Å². The summed E-state index contributed by atoms with van der Waals surface area (Å²) >= 11 is 1.86. The fourth-order valence-corrected chi connectivity index (χ4v) is 1.62. The van der Waals surface area contributed by atoms with Gasteiger partial charge in [0, 0.05) is 30.8 Å². The predicted molar refractivity (Wildman–Crippen MR) is 53.0 cm³/mol. The van der Waals surface area contributed by atoms with Crippen LogP contribution >= 0.6 is 11.8 Å². The maximum Gasteiger partial charge on any atom is 0.0530 e. The summed E-state index contributed by atoms with van der Waals surface area (Å²) in [5.74, 6) is 1.01. The van der Waals surface area contributed by atoms with Crippen LogP contribution in [0.25, 0.3) is 0 Å². The van der Waals surface area contributed by atoms with Gasteiger partial charge in [0.1, 0.15) is 0 Å². The van der Waals surface area contributed by atoms with E-state index >= 15 is 0 Å². The smallest absolute Gasteiger partial charge is 0.0530 e. The molecule has 0 aliphatic carbocycles. The van der Waals surface area contributed by atoms with Gasteiger partial charge in [-0.1, -0.05) is 6.92 Å². The zero-order valence-electron chi connectivity index (χ0n) is 7.53. The van der Waals surface area contributed by atoms with Crippen molar-refractivity contribution in [1.82, 2.24) is 9.78 Å². The average Bonchev–Trinajstić information content (AvgIpc) is 2.47. The van der Waals surface area contributed by atoms with Gasteiger partial charge >= 0.3 is 0 Å². The van der Waals surface area contributed by atoms with Gasteiger partial charge in [0.2, 0.25) is 0 Å². The van der Waals surface area contributed by atoms with Crippen molar-refractivity contribution < 1.29 is 0 Å². The molecule has 1 aromatic rings. The first-order chi connectivity index (χ1) is 5.72. The quantitative estimate of drug-likeness (QED) is 0.761. The van der Waals surface area contributed by atoms with Crippen LogP contribution < -0.4 is 5.73 Å². The molecule has 68 valence electrons. The minimum absolute atomic E-state index is 0.533. The number of rotatable bonds is 4. The Morgan fingerprint density at radius 2 is 2.50 bits per heavy atom. The van der Waals surface area contributed by atoms with Crippen LogP contribution in [0.15, 0.2) is 12.4 Å². The Labute approximate surface area is 77.3 Å². The van der Waals surface area contributed by atoms with Gasteiger partial charge in [-0.25, -0.2) is 0 Å². The lowest BCUT2D eigenvalue weighted by atomic mass is 10.4. The molecule has 3 nitrogen and oxygen atoms in total. The van der Waals surface area contributed by atoms with E-state index < -0.39 is 0 Å². The van der Waals surface area contributed by atoms with Crippen molar-refractivity contribution in [2.45, 2.75) is 17.9 Å². The Bertz CT molecular complexity index is 234. The molecule has 0 amide bonds. The van der Waals surface area contributed by atoms with E-state index in [1.54, 1.807) is 0 Å². The molecule has 12 heavy (non-hydrogen) atoms. The minimum atomic E-state index is 0.533. The summed E-state index contributed by atoms with van der Waals surface area (Å²) < 4.78 is 1.82. The third-order valence-corrected chi connectivity index (χ3v) is 2.89. The van der Waals surface area contributed by atoms with Gasteiger partial charge in [-0.3, -0.25) is 4.68 Å². The zero-order chi connectivity index (χ0) is 8.97. The molecule has 2 N–H and O–H groups in total. The Hall–Kier alpha value is -0.480. The summed E-state index contributed by atoms with van der Waals surface area (Å²) in [6.07, 6.45) is 3.94. The molecule has 0 aliphatic heterocycles. The molecule has 0 bridgehead atoms. The summed E-state index contributed by atoms with van der Waals surface area (Å²) in [5.41, 5.74) is 6.77. The number of thioether (sulfide) groups is 1. The van der Waals surface area contributed by atoms with Gasteiger partial charge in [-0.2, -0.15) is 16.9 Å². The van der Waals surface area contributed by atoms with E-state index in [-0.39, 0.29) is 0 Å². The Kier molecular flexibility index (Phi) is 3.62. The Balaban J connectivity index is 2.33. The van der Waals surface area contributed by atoms with E-state index in [9.17, 15) is 0 Å². The van der Waals surface area contributed by atoms with Crippen LogP contribution in [0.2, 0.25) is 0 Å². The lowest BCUT2D eigenvalue weighted by molar-refractivity contribution is 0.767. The second-order valence-corrected chi connectivity index (χ2v) is 4.31. The molecule has 0 spiro atoms. The molecule has 1 unspecified atom stereocenters. The first-order valence-corrected chi connectivity index (χ1v) is 5.06. The lowest BCUT2D eigenvalue weighted by Gasteiger charge is -2.05. The Morgan fingerprint density at radius 1 is 1.75 bits per heavy atom. The molecule has 0 fully saturated rings. The first-order valence-electron chi connectivity index (χ1n) is 4.01. The van der Waals surface area contributed by atoms with E-state index in [1.807, 2.05) is 35.9 Å². The highest BCUT2D eigenvalue weighted by atomic mass is 32.2. The molecule has 0 aliphatic rings. The third kappa shape index (κ3) is 2.87. The van der Waals surface area contributed by atoms with Crippen molar-refractivity contribution in [1.29, 1.82) is 0 Å². The highest BCUT2D eigenvalue weighted by Gasteiger charge is 2.01. The van der Waals surface area contributed by atoms with Crippen molar-refractivity contribution in [3.05, 3.63) is 18.0 Å². The normalized spacial score (nSPS) is 13.2. The largest absolute Gasteiger partial charge is 0.329 e. The summed E-state index contributed by atoms with van der Waals surface area (Å²) in [6.45, 7) is 2.88. The standard InChI is InChI=1S/C8H15N3S/c1-7(3-9)12-6-8-4-10-11(2)5-8/h4-5,7H,3,6,9H2,1-2H3. The summed E-state index contributed by atoms with van der Waals surface area (Å²) in [5, 5.41) is 4.63. The highest BCUT2D eigenvalue weighted by molar-refractivity contribution is 7.99. The fraction of sp³-hybridized carbons (Fsp3) is 0.625. The maximum atomic E-state index is 5.50. The van der Waals surface area contributed by atoms with Crippen molar-refractivity contribution in [2.75, 3.05) is 6.54 Å². The molecule has 0 aromatic carbocycles. The van der Waals surface area contributed by atoms with Crippen molar-refractivity contribution >= 4 is 11.8 Å². The van der Waals surface area contributed by atoms with Gasteiger partial charge in [-0.15, -0.1) is 0 Å². The summed E-state index contributed by atoms with van der Waals surface area (Å²) in [6, 6.07) is 0. The van der Waals surface area contributed by atoms with Gasteiger partial charge < -0.3 is 5.73 Å². The zero-order valence-corrected chi connectivity index (χ0v) is 8.34. The van der Waals surface area contributed by atoms with Crippen molar-refractivity contribution in [3.8, 4) is 0 Å². The SMILES string of the molecule is CC(CN)SCc1cnn(C)c1. The molecular formula is C8H15N3S. The topological polar surface area (TPSA) is 43.8 Å². The van der Waals surface area contributed by atoms with E-state index in [0.717, 1.165) is 12.3 Å². The number of nitrogens with zero attached hydrogens (tertiary/aromatic N) is 2. The van der Waals surface area contributed by atoms with Crippen LogP contribution in [0.3, 0.4) is 0 Å². The lowest BCUT2D eigenvalue weighted by Crippen LogP contribution is -2.12. The van der Waals surface area contributed by atoms with Gasteiger partial charge in [0.05, 0.1) is 6.20 Å². The van der Waals surface area contributed by atoms with Gasteiger partial charge in [-0.05, 0) is 5.56 Å². The molecule has 0 saturated carbocycles. The average molecular weight is 185 g/mol. The number of hydrogen-bond donors (Lipinski definition) is 1.